The molecule has 3 rings (SSSR count). The van der Waals surface area contributed by atoms with E-state index in [2.05, 4.69) is 10.1 Å². The molecule has 11 heteroatoms. The number of benzene rings is 2. The SMILES string of the molecule is COC(=O)CC(c1ccc(OC)c(OC(F)F)c1)N1C(=O)c2cccc(NC(C)=O)c2C1=O. The van der Waals surface area contributed by atoms with Crippen LogP contribution in [-0.2, 0) is 14.3 Å². The third kappa shape index (κ3) is 4.76. The van der Waals surface area contributed by atoms with Gasteiger partial charge in [0.15, 0.2) is 11.5 Å². The van der Waals surface area contributed by atoms with Crippen molar-refractivity contribution in [3.8, 4) is 11.5 Å². The van der Waals surface area contributed by atoms with Gasteiger partial charge in [0.2, 0.25) is 5.91 Å². The normalized spacial score (nSPS) is 13.6. The average molecular weight is 462 g/mol. The number of amides is 3. The fraction of sp³-hybridized carbons (Fsp3) is 0.273. The summed E-state index contributed by atoms with van der Waals surface area (Å²) in [5, 5.41) is 2.50. The number of anilines is 1. The van der Waals surface area contributed by atoms with E-state index >= 15 is 0 Å². The van der Waals surface area contributed by atoms with Crippen LogP contribution >= 0.6 is 0 Å². The first-order valence-electron chi connectivity index (χ1n) is 9.66. The van der Waals surface area contributed by atoms with Crippen LogP contribution in [0.1, 0.15) is 45.7 Å². The highest BCUT2D eigenvalue weighted by Gasteiger charge is 2.43. The van der Waals surface area contributed by atoms with Crippen molar-refractivity contribution in [1.82, 2.24) is 4.90 Å². The molecular formula is C22H20F2N2O7. The number of alkyl halides is 2. The minimum absolute atomic E-state index is 0.00817. The molecule has 0 aliphatic carbocycles. The summed E-state index contributed by atoms with van der Waals surface area (Å²) in [5.41, 5.74) is 0.283. The smallest absolute Gasteiger partial charge is 0.387 e. The van der Waals surface area contributed by atoms with E-state index in [0.717, 1.165) is 18.1 Å². The molecule has 0 bridgehead atoms. The molecule has 0 aromatic heterocycles. The van der Waals surface area contributed by atoms with Gasteiger partial charge in [0, 0.05) is 6.92 Å². The zero-order valence-electron chi connectivity index (χ0n) is 17.9. The van der Waals surface area contributed by atoms with Crippen molar-refractivity contribution in [2.45, 2.75) is 26.0 Å². The number of hydrogen-bond acceptors (Lipinski definition) is 7. The number of esters is 1. The molecular weight excluding hydrogens is 442 g/mol. The number of nitrogens with zero attached hydrogens (tertiary/aromatic N) is 1. The Morgan fingerprint density at radius 1 is 1.06 bits per heavy atom. The van der Waals surface area contributed by atoms with Gasteiger partial charge in [0.1, 0.15) is 0 Å². The first-order chi connectivity index (χ1) is 15.7. The fourth-order valence-corrected chi connectivity index (χ4v) is 3.57. The van der Waals surface area contributed by atoms with Crippen LogP contribution < -0.4 is 14.8 Å². The van der Waals surface area contributed by atoms with Crippen molar-refractivity contribution in [3.63, 3.8) is 0 Å². The molecule has 1 aliphatic rings. The van der Waals surface area contributed by atoms with E-state index in [1.807, 2.05) is 0 Å². The molecule has 1 N–H and O–H groups in total. The van der Waals surface area contributed by atoms with E-state index in [1.165, 1.54) is 44.4 Å². The number of carbonyl (C=O) groups is 4. The number of ether oxygens (including phenoxy) is 3. The molecule has 33 heavy (non-hydrogen) atoms. The Morgan fingerprint density at radius 3 is 2.39 bits per heavy atom. The fourth-order valence-electron chi connectivity index (χ4n) is 3.57. The largest absolute Gasteiger partial charge is 0.493 e. The van der Waals surface area contributed by atoms with Crippen LogP contribution in [0.5, 0.6) is 11.5 Å². The topological polar surface area (TPSA) is 111 Å². The molecule has 2 aromatic rings. The van der Waals surface area contributed by atoms with Crippen LogP contribution in [0.4, 0.5) is 14.5 Å². The first kappa shape index (κ1) is 23.6. The van der Waals surface area contributed by atoms with Crippen molar-refractivity contribution in [2.24, 2.45) is 0 Å². The van der Waals surface area contributed by atoms with Gasteiger partial charge in [-0.2, -0.15) is 8.78 Å². The van der Waals surface area contributed by atoms with Gasteiger partial charge in [0.05, 0.1) is 43.5 Å². The number of carbonyl (C=O) groups excluding carboxylic acids is 4. The van der Waals surface area contributed by atoms with E-state index in [-0.39, 0.29) is 33.9 Å². The summed E-state index contributed by atoms with van der Waals surface area (Å²) in [6, 6.07) is 7.07. The van der Waals surface area contributed by atoms with E-state index in [4.69, 9.17) is 9.47 Å². The third-order valence-electron chi connectivity index (χ3n) is 4.94. The number of fused-ring (bicyclic) bond motifs is 1. The molecule has 0 spiro atoms. The summed E-state index contributed by atoms with van der Waals surface area (Å²) in [5.74, 6) is -3.02. The van der Waals surface area contributed by atoms with E-state index < -0.39 is 42.8 Å². The Balaban J connectivity index is 2.10. The molecule has 1 heterocycles. The minimum atomic E-state index is -3.16. The van der Waals surface area contributed by atoms with Crippen molar-refractivity contribution < 1.29 is 42.2 Å². The van der Waals surface area contributed by atoms with Gasteiger partial charge in [0.25, 0.3) is 11.8 Å². The lowest BCUT2D eigenvalue weighted by molar-refractivity contribution is -0.141. The molecule has 9 nitrogen and oxygen atoms in total. The van der Waals surface area contributed by atoms with Crippen molar-refractivity contribution >= 4 is 29.4 Å². The van der Waals surface area contributed by atoms with Crippen LogP contribution in [0.25, 0.3) is 0 Å². The lowest BCUT2D eigenvalue weighted by atomic mass is 10.0. The second kappa shape index (κ2) is 9.63. The Morgan fingerprint density at radius 2 is 1.79 bits per heavy atom. The molecule has 1 aliphatic heterocycles. The van der Waals surface area contributed by atoms with E-state index in [9.17, 15) is 28.0 Å². The van der Waals surface area contributed by atoms with E-state index in [1.54, 1.807) is 0 Å². The minimum Gasteiger partial charge on any atom is -0.493 e. The molecule has 0 saturated carbocycles. The highest BCUT2D eigenvalue weighted by atomic mass is 19.3. The van der Waals surface area contributed by atoms with Gasteiger partial charge in [-0.25, -0.2) is 0 Å². The predicted molar refractivity (Wildman–Crippen MR) is 110 cm³/mol. The summed E-state index contributed by atoms with van der Waals surface area (Å²) < 4.78 is 40.0. The maximum atomic E-state index is 13.3. The predicted octanol–water partition coefficient (Wildman–Crippen LogP) is 3.16. The van der Waals surface area contributed by atoms with Crippen LogP contribution in [0, 0.1) is 0 Å². The number of imide groups is 1. The van der Waals surface area contributed by atoms with Crippen molar-refractivity contribution in [3.05, 3.63) is 53.1 Å². The summed E-state index contributed by atoms with van der Waals surface area (Å²) in [6.07, 6.45) is -0.447. The molecule has 1 atom stereocenters. The van der Waals surface area contributed by atoms with Crippen LogP contribution in [0.15, 0.2) is 36.4 Å². The number of nitrogens with one attached hydrogen (secondary N) is 1. The second-order valence-electron chi connectivity index (χ2n) is 6.97. The zero-order chi connectivity index (χ0) is 24.3. The zero-order valence-corrected chi connectivity index (χ0v) is 17.9. The van der Waals surface area contributed by atoms with Gasteiger partial charge in [-0.1, -0.05) is 12.1 Å². The molecule has 1 unspecified atom stereocenters. The Bertz CT molecular complexity index is 1120. The summed E-state index contributed by atoms with van der Waals surface area (Å²) >= 11 is 0. The Hall–Kier alpha value is -4.02. The van der Waals surface area contributed by atoms with Crippen LogP contribution in [-0.4, -0.2) is 49.4 Å². The quantitative estimate of drug-likeness (QED) is 0.474. The van der Waals surface area contributed by atoms with Crippen LogP contribution in [0.3, 0.4) is 0 Å². The number of halogens is 2. The molecule has 0 radical (unpaired) electrons. The summed E-state index contributed by atoms with van der Waals surface area (Å²) in [7, 11) is 2.39. The number of rotatable bonds is 8. The maximum Gasteiger partial charge on any atom is 0.387 e. The molecule has 3 amide bonds. The first-order valence-corrected chi connectivity index (χ1v) is 9.66. The van der Waals surface area contributed by atoms with Gasteiger partial charge in [-0.05, 0) is 29.8 Å². The number of hydrogen-bond donors (Lipinski definition) is 1. The average Bonchev–Trinajstić information content (AvgIpc) is 3.02. The lowest BCUT2D eigenvalue weighted by Crippen LogP contribution is -2.35. The third-order valence-corrected chi connectivity index (χ3v) is 4.94. The lowest BCUT2D eigenvalue weighted by Gasteiger charge is -2.26. The standard InChI is InChI=1S/C22H20F2N2O7/c1-11(27)25-14-6-4-5-13-19(14)21(30)26(20(13)29)15(10-18(28)32-3)12-7-8-16(31-2)17(9-12)33-22(23)24/h4-9,15,22H,10H2,1-3H3,(H,25,27). The Labute approximate surface area is 187 Å². The maximum absolute atomic E-state index is 13.3. The molecule has 0 fully saturated rings. The highest BCUT2D eigenvalue weighted by molar-refractivity contribution is 6.24. The molecule has 174 valence electrons. The monoisotopic (exact) mass is 462 g/mol. The van der Waals surface area contributed by atoms with Gasteiger partial charge < -0.3 is 19.5 Å². The number of methoxy groups -OCH3 is 2. The van der Waals surface area contributed by atoms with Gasteiger partial charge >= 0.3 is 12.6 Å². The molecule has 0 saturated heterocycles. The summed E-state index contributed by atoms with van der Waals surface area (Å²) in [6.45, 7) is -1.91. The Kier molecular flexibility index (Phi) is 6.90. The summed E-state index contributed by atoms with van der Waals surface area (Å²) in [4.78, 5) is 51.0. The molecule has 2 aromatic carbocycles. The second-order valence-corrected chi connectivity index (χ2v) is 6.97. The van der Waals surface area contributed by atoms with Crippen molar-refractivity contribution in [1.29, 1.82) is 0 Å². The van der Waals surface area contributed by atoms with E-state index in [0.29, 0.717) is 0 Å². The van der Waals surface area contributed by atoms with Gasteiger partial charge in [-0.3, -0.25) is 24.1 Å². The highest BCUT2D eigenvalue weighted by Crippen LogP contribution is 2.39. The van der Waals surface area contributed by atoms with Crippen LogP contribution in [0.2, 0.25) is 0 Å². The van der Waals surface area contributed by atoms with Gasteiger partial charge in [-0.15, -0.1) is 0 Å². The van der Waals surface area contributed by atoms with Crippen molar-refractivity contribution in [2.75, 3.05) is 19.5 Å².